The molecule has 0 saturated heterocycles. The predicted molar refractivity (Wildman–Crippen MR) is 61.1 cm³/mol. The van der Waals surface area contributed by atoms with Crippen LogP contribution in [0, 0.1) is 10.1 Å². The third-order valence-corrected chi connectivity index (χ3v) is 2.53. The van der Waals surface area contributed by atoms with Gasteiger partial charge in [0.05, 0.1) is 11.0 Å². The molecule has 6 nitrogen and oxygen atoms in total. The summed E-state index contributed by atoms with van der Waals surface area (Å²) in [5.74, 6) is -0.374. The monoisotopic (exact) mass is 261 g/mol. The summed E-state index contributed by atoms with van der Waals surface area (Å²) in [4.78, 5) is 9.72. The van der Waals surface area contributed by atoms with Gasteiger partial charge in [0, 0.05) is 11.9 Å². The lowest BCUT2D eigenvalue weighted by Gasteiger charge is -2.17. The zero-order chi connectivity index (χ0) is 13.0. The van der Waals surface area contributed by atoms with Gasteiger partial charge < -0.3 is 15.3 Å². The largest absolute Gasteiger partial charge is 0.502 e. The first-order chi connectivity index (χ1) is 7.97. The number of nitro groups is 1. The molecule has 3 N–H and O–H groups in total. The Kier molecular flexibility index (Phi) is 4.68. The van der Waals surface area contributed by atoms with Crippen molar-refractivity contribution in [3.63, 3.8) is 0 Å². The molecule has 1 aromatic rings. The van der Waals surface area contributed by atoms with Crippen molar-refractivity contribution in [2.75, 3.05) is 5.88 Å². The number of hydrogen-bond donors (Lipinski definition) is 3. The third-order valence-electron chi connectivity index (χ3n) is 2.31. The Morgan fingerprint density at radius 1 is 1.41 bits per heavy atom. The topological polar surface area (TPSA) is 104 Å². The SMILES string of the molecule is O=[N+]([O-])c1ccc(C(O)C(O)CCCl)cc1O. The molecule has 0 aliphatic rings. The molecule has 7 heteroatoms. The van der Waals surface area contributed by atoms with Gasteiger partial charge in [-0.15, -0.1) is 11.6 Å². The number of phenols is 1. The number of hydrogen-bond acceptors (Lipinski definition) is 5. The van der Waals surface area contributed by atoms with Crippen LogP contribution in [0.1, 0.15) is 18.1 Å². The van der Waals surface area contributed by atoms with Gasteiger partial charge in [0.1, 0.15) is 6.10 Å². The van der Waals surface area contributed by atoms with Crippen molar-refractivity contribution >= 4 is 17.3 Å². The van der Waals surface area contributed by atoms with E-state index in [4.69, 9.17) is 11.6 Å². The fourth-order valence-corrected chi connectivity index (χ4v) is 1.59. The van der Waals surface area contributed by atoms with E-state index in [0.717, 1.165) is 12.1 Å². The van der Waals surface area contributed by atoms with E-state index in [-0.39, 0.29) is 17.9 Å². The Hall–Kier alpha value is -1.37. The quantitative estimate of drug-likeness (QED) is 0.421. The van der Waals surface area contributed by atoms with Gasteiger partial charge in [-0.1, -0.05) is 0 Å². The molecule has 0 aliphatic heterocycles. The van der Waals surface area contributed by atoms with Crippen molar-refractivity contribution in [1.29, 1.82) is 0 Å². The first kappa shape index (κ1) is 13.7. The molecule has 1 aromatic carbocycles. The Morgan fingerprint density at radius 3 is 2.53 bits per heavy atom. The molecule has 94 valence electrons. The van der Waals surface area contributed by atoms with Crippen molar-refractivity contribution in [2.45, 2.75) is 18.6 Å². The van der Waals surface area contributed by atoms with Crippen LogP contribution in [0.5, 0.6) is 5.75 Å². The third kappa shape index (κ3) is 3.29. The highest BCUT2D eigenvalue weighted by molar-refractivity contribution is 6.17. The first-order valence-corrected chi connectivity index (χ1v) is 5.40. The maximum Gasteiger partial charge on any atom is 0.310 e. The van der Waals surface area contributed by atoms with E-state index in [1.165, 1.54) is 6.07 Å². The fourth-order valence-electron chi connectivity index (χ4n) is 1.37. The van der Waals surface area contributed by atoms with Crippen molar-refractivity contribution in [3.8, 4) is 5.75 Å². The fraction of sp³-hybridized carbons (Fsp3) is 0.400. The van der Waals surface area contributed by atoms with Crippen LogP contribution in [-0.2, 0) is 0 Å². The Bertz CT molecular complexity index is 412. The number of aromatic hydroxyl groups is 1. The molecule has 17 heavy (non-hydrogen) atoms. The van der Waals surface area contributed by atoms with Crippen molar-refractivity contribution in [2.24, 2.45) is 0 Å². The summed E-state index contributed by atoms with van der Waals surface area (Å²) < 4.78 is 0. The molecule has 2 unspecified atom stereocenters. The molecule has 2 atom stereocenters. The summed E-state index contributed by atoms with van der Waals surface area (Å²) in [6.07, 6.45) is -2.13. The number of rotatable bonds is 5. The summed E-state index contributed by atoms with van der Waals surface area (Å²) in [6.45, 7) is 0. The summed E-state index contributed by atoms with van der Waals surface area (Å²) in [5.41, 5.74) is -0.251. The van der Waals surface area contributed by atoms with Crippen LogP contribution in [0.3, 0.4) is 0 Å². The van der Waals surface area contributed by atoms with Crippen LogP contribution in [0.2, 0.25) is 0 Å². The molecule has 0 spiro atoms. The van der Waals surface area contributed by atoms with E-state index in [9.17, 15) is 25.4 Å². The number of nitrogens with zero attached hydrogens (tertiary/aromatic N) is 1. The van der Waals surface area contributed by atoms with Gasteiger partial charge in [0.15, 0.2) is 5.75 Å². The lowest BCUT2D eigenvalue weighted by atomic mass is 10.0. The van der Waals surface area contributed by atoms with Crippen molar-refractivity contribution < 1.29 is 20.2 Å². The number of alkyl halides is 1. The van der Waals surface area contributed by atoms with Crippen LogP contribution >= 0.6 is 11.6 Å². The van der Waals surface area contributed by atoms with Crippen LogP contribution < -0.4 is 0 Å². The minimum absolute atomic E-state index is 0.178. The lowest BCUT2D eigenvalue weighted by molar-refractivity contribution is -0.385. The molecule has 1 rings (SSSR count). The summed E-state index contributed by atoms with van der Waals surface area (Å²) in [7, 11) is 0. The van der Waals surface area contributed by atoms with E-state index in [0.29, 0.717) is 0 Å². The van der Waals surface area contributed by atoms with Crippen molar-refractivity contribution in [1.82, 2.24) is 0 Å². The minimum atomic E-state index is -1.24. The van der Waals surface area contributed by atoms with Gasteiger partial charge >= 0.3 is 5.69 Å². The van der Waals surface area contributed by atoms with E-state index in [2.05, 4.69) is 0 Å². The number of benzene rings is 1. The number of halogens is 1. The predicted octanol–water partition coefficient (Wildman–Crippen LogP) is 1.32. The number of aliphatic hydroxyl groups excluding tert-OH is 2. The van der Waals surface area contributed by atoms with Gasteiger partial charge in [-0.3, -0.25) is 10.1 Å². The van der Waals surface area contributed by atoms with Crippen molar-refractivity contribution in [3.05, 3.63) is 33.9 Å². The highest BCUT2D eigenvalue weighted by atomic mass is 35.5. The molecule has 0 saturated carbocycles. The molecule has 0 radical (unpaired) electrons. The second-order valence-corrected chi connectivity index (χ2v) is 3.87. The maximum absolute atomic E-state index is 10.5. The molecule has 0 fully saturated rings. The molecule has 0 bridgehead atoms. The van der Waals surface area contributed by atoms with Gasteiger partial charge in [-0.25, -0.2) is 0 Å². The summed E-state index contributed by atoms with van der Waals surface area (Å²) in [5, 5.41) is 39.0. The lowest BCUT2D eigenvalue weighted by Crippen LogP contribution is -2.18. The van der Waals surface area contributed by atoms with Gasteiger partial charge in [0.25, 0.3) is 0 Å². The van der Waals surface area contributed by atoms with E-state index >= 15 is 0 Å². The average Bonchev–Trinajstić information content (AvgIpc) is 2.27. The van der Waals surface area contributed by atoms with Gasteiger partial charge in [0.2, 0.25) is 0 Å². The Balaban J connectivity index is 2.93. The second-order valence-electron chi connectivity index (χ2n) is 3.50. The normalized spacial score (nSPS) is 14.3. The zero-order valence-corrected chi connectivity index (χ0v) is 9.54. The average molecular weight is 262 g/mol. The molecular formula is C10H12ClNO5. The van der Waals surface area contributed by atoms with Crippen LogP contribution in [-0.4, -0.2) is 32.2 Å². The number of nitro benzene ring substituents is 1. The highest BCUT2D eigenvalue weighted by Crippen LogP contribution is 2.30. The van der Waals surface area contributed by atoms with Crippen LogP contribution in [0.4, 0.5) is 5.69 Å². The zero-order valence-electron chi connectivity index (χ0n) is 8.78. The Labute approximate surface area is 102 Å². The standard InChI is InChI=1S/C10H12ClNO5/c11-4-3-8(13)10(15)6-1-2-7(12(16)17)9(14)5-6/h1-2,5,8,10,13-15H,3-4H2. The second kappa shape index (κ2) is 5.81. The van der Waals surface area contributed by atoms with E-state index in [1.54, 1.807) is 0 Å². The summed E-state index contributed by atoms with van der Waals surface area (Å²) in [6, 6.07) is 3.40. The minimum Gasteiger partial charge on any atom is -0.502 e. The van der Waals surface area contributed by atoms with Crippen LogP contribution in [0.25, 0.3) is 0 Å². The molecule has 0 aliphatic carbocycles. The maximum atomic E-state index is 10.5. The van der Waals surface area contributed by atoms with E-state index < -0.39 is 28.6 Å². The first-order valence-electron chi connectivity index (χ1n) is 4.86. The molecular weight excluding hydrogens is 250 g/mol. The van der Waals surface area contributed by atoms with Gasteiger partial charge in [-0.2, -0.15) is 0 Å². The van der Waals surface area contributed by atoms with Crippen LogP contribution in [0.15, 0.2) is 18.2 Å². The molecule has 0 aromatic heterocycles. The highest BCUT2D eigenvalue weighted by Gasteiger charge is 2.21. The molecule has 0 amide bonds. The Morgan fingerprint density at radius 2 is 2.06 bits per heavy atom. The van der Waals surface area contributed by atoms with Gasteiger partial charge in [-0.05, 0) is 24.1 Å². The van der Waals surface area contributed by atoms with E-state index in [1.807, 2.05) is 0 Å². The number of aliphatic hydroxyl groups is 2. The smallest absolute Gasteiger partial charge is 0.310 e. The number of phenolic OH excluding ortho intramolecular Hbond substituents is 1. The molecule has 0 heterocycles. The summed E-state index contributed by atoms with van der Waals surface area (Å²) >= 11 is 5.42.